The third-order valence-electron chi connectivity index (χ3n) is 6.17. The van der Waals surface area contributed by atoms with E-state index in [1.54, 1.807) is 18.2 Å². The van der Waals surface area contributed by atoms with Crippen LogP contribution >= 0.6 is 11.6 Å². The molecule has 0 radical (unpaired) electrons. The Kier molecular flexibility index (Phi) is 13.0. The van der Waals surface area contributed by atoms with Gasteiger partial charge in [0.1, 0.15) is 0 Å². The summed E-state index contributed by atoms with van der Waals surface area (Å²) in [7, 11) is 0. The molecule has 6 nitrogen and oxygen atoms in total. The van der Waals surface area contributed by atoms with E-state index >= 15 is 0 Å². The molecule has 1 heterocycles. The van der Waals surface area contributed by atoms with Crippen LogP contribution < -0.4 is 0 Å². The Balaban J connectivity index is 1.74. The first-order valence-electron chi connectivity index (χ1n) is 13.0. The molecule has 0 saturated carbocycles. The van der Waals surface area contributed by atoms with E-state index in [0.29, 0.717) is 29.2 Å². The summed E-state index contributed by atoms with van der Waals surface area (Å²) in [4.78, 5) is 38.2. The average molecular weight is 494 g/mol. The van der Waals surface area contributed by atoms with Gasteiger partial charge in [-0.3, -0.25) is 4.79 Å². The Morgan fingerprint density at radius 2 is 1.56 bits per heavy atom. The van der Waals surface area contributed by atoms with Crippen LogP contribution in [-0.2, 0) is 20.8 Å². The fourth-order valence-electron chi connectivity index (χ4n) is 4.04. The molecule has 190 valence electrons. The SMILES string of the molecule is CCCCCCCCCCCCOC(=O)c1ccc(Cl)c(CN2C(=O)OC(CCCC)C2=O)c1. The van der Waals surface area contributed by atoms with Gasteiger partial charge in [0.2, 0.25) is 0 Å². The Bertz CT molecular complexity index is 797. The number of cyclic esters (lactones) is 1. The number of esters is 1. The molecule has 7 heteroatoms. The topological polar surface area (TPSA) is 72.9 Å². The van der Waals surface area contributed by atoms with Crippen molar-refractivity contribution in [2.45, 2.75) is 110 Å². The highest BCUT2D eigenvalue weighted by atomic mass is 35.5. The predicted octanol–water partition coefficient (Wildman–Crippen LogP) is 7.46. The van der Waals surface area contributed by atoms with Gasteiger partial charge in [-0.25, -0.2) is 14.5 Å². The van der Waals surface area contributed by atoms with Crippen molar-refractivity contribution < 1.29 is 23.9 Å². The molecule has 1 saturated heterocycles. The van der Waals surface area contributed by atoms with Gasteiger partial charge in [-0.15, -0.1) is 0 Å². The van der Waals surface area contributed by atoms with Crippen molar-refractivity contribution in [3.8, 4) is 0 Å². The molecule has 1 aliphatic rings. The molecule has 1 unspecified atom stereocenters. The van der Waals surface area contributed by atoms with E-state index in [1.165, 1.54) is 44.9 Å². The van der Waals surface area contributed by atoms with Crippen LogP contribution in [0, 0.1) is 0 Å². The number of carbonyl (C=O) groups excluding carboxylic acids is 3. The van der Waals surface area contributed by atoms with Crippen molar-refractivity contribution in [1.29, 1.82) is 0 Å². The molecule has 2 amide bonds. The molecule has 1 atom stereocenters. The van der Waals surface area contributed by atoms with Crippen LogP contribution in [0.15, 0.2) is 18.2 Å². The van der Waals surface area contributed by atoms with Crippen LogP contribution in [0.4, 0.5) is 4.79 Å². The van der Waals surface area contributed by atoms with Crippen molar-refractivity contribution in [3.63, 3.8) is 0 Å². The van der Waals surface area contributed by atoms with E-state index in [1.807, 2.05) is 6.92 Å². The lowest BCUT2D eigenvalue weighted by Gasteiger charge is -2.14. The summed E-state index contributed by atoms with van der Waals surface area (Å²) < 4.78 is 10.6. The number of hydrogen-bond acceptors (Lipinski definition) is 5. The first-order valence-corrected chi connectivity index (χ1v) is 13.3. The van der Waals surface area contributed by atoms with Crippen molar-refractivity contribution in [3.05, 3.63) is 34.3 Å². The summed E-state index contributed by atoms with van der Waals surface area (Å²) in [6.45, 7) is 4.60. The molecule has 0 spiro atoms. The van der Waals surface area contributed by atoms with Crippen LogP contribution in [0.2, 0.25) is 5.02 Å². The maximum atomic E-state index is 12.5. The standard InChI is InChI=1S/C27H40ClNO5/c1-3-5-7-8-9-10-11-12-13-14-18-33-26(31)21-16-17-23(28)22(19-21)20-29-25(30)24(15-6-4-2)34-27(29)32/h16-17,19,24H,3-15,18,20H2,1-2H3. The molecule has 0 bridgehead atoms. The monoisotopic (exact) mass is 493 g/mol. The number of unbranched alkanes of at least 4 members (excludes halogenated alkanes) is 10. The Labute approximate surface area is 209 Å². The van der Waals surface area contributed by atoms with E-state index in [2.05, 4.69) is 6.92 Å². The number of ether oxygens (including phenoxy) is 2. The normalized spacial score (nSPS) is 15.6. The zero-order chi connectivity index (χ0) is 24.8. The molecule has 1 aromatic rings. The number of amides is 2. The Hall–Kier alpha value is -2.08. The molecule has 1 fully saturated rings. The zero-order valence-electron chi connectivity index (χ0n) is 20.8. The zero-order valence-corrected chi connectivity index (χ0v) is 21.5. The summed E-state index contributed by atoms with van der Waals surface area (Å²) >= 11 is 6.28. The lowest BCUT2D eigenvalue weighted by Crippen LogP contribution is -2.31. The highest BCUT2D eigenvalue weighted by molar-refractivity contribution is 6.31. The van der Waals surface area contributed by atoms with Gasteiger partial charge in [-0.1, -0.05) is 89.7 Å². The highest BCUT2D eigenvalue weighted by Crippen LogP contribution is 2.25. The number of nitrogens with zero attached hydrogens (tertiary/aromatic N) is 1. The van der Waals surface area contributed by atoms with Crippen molar-refractivity contribution >= 4 is 29.6 Å². The minimum absolute atomic E-state index is 0.0291. The van der Waals surface area contributed by atoms with Crippen molar-refractivity contribution in [2.75, 3.05) is 6.61 Å². The summed E-state index contributed by atoms with van der Waals surface area (Å²) in [6.07, 6.45) is 13.0. The van der Waals surface area contributed by atoms with Crippen LogP contribution in [0.1, 0.15) is 113 Å². The predicted molar refractivity (Wildman–Crippen MR) is 134 cm³/mol. The molecule has 2 rings (SSSR count). The molecule has 0 N–H and O–H groups in total. The van der Waals surface area contributed by atoms with Gasteiger partial charge in [0.15, 0.2) is 6.10 Å². The van der Waals surface area contributed by atoms with Gasteiger partial charge in [0.05, 0.1) is 18.7 Å². The van der Waals surface area contributed by atoms with E-state index in [-0.39, 0.29) is 12.5 Å². The number of halogens is 1. The molecule has 0 aliphatic carbocycles. The fourth-order valence-corrected chi connectivity index (χ4v) is 4.22. The largest absolute Gasteiger partial charge is 0.462 e. The number of carbonyl (C=O) groups is 3. The summed E-state index contributed by atoms with van der Waals surface area (Å²) in [5.74, 6) is -0.784. The molecular weight excluding hydrogens is 454 g/mol. The van der Waals surface area contributed by atoms with Crippen LogP contribution in [-0.4, -0.2) is 35.6 Å². The van der Waals surface area contributed by atoms with Gasteiger partial charge in [0, 0.05) is 5.02 Å². The van der Waals surface area contributed by atoms with Gasteiger partial charge in [0.25, 0.3) is 5.91 Å². The number of hydrogen-bond donors (Lipinski definition) is 0. The average Bonchev–Trinajstić information content (AvgIpc) is 3.09. The summed E-state index contributed by atoms with van der Waals surface area (Å²) in [5, 5.41) is 0.379. The van der Waals surface area contributed by atoms with E-state index in [4.69, 9.17) is 21.1 Å². The van der Waals surface area contributed by atoms with Gasteiger partial charge in [-0.05, 0) is 43.0 Å². The maximum Gasteiger partial charge on any atom is 0.417 e. The van der Waals surface area contributed by atoms with Gasteiger partial charge < -0.3 is 9.47 Å². The molecule has 1 aromatic carbocycles. The molecule has 1 aliphatic heterocycles. The number of imide groups is 1. The van der Waals surface area contributed by atoms with E-state index in [9.17, 15) is 14.4 Å². The Morgan fingerprint density at radius 3 is 2.21 bits per heavy atom. The second kappa shape index (κ2) is 15.8. The lowest BCUT2D eigenvalue weighted by molar-refractivity contribution is -0.130. The Morgan fingerprint density at radius 1 is 0.941 bits per heavy atom. The summed E-state index contributed by atoms with van der Waals surface area (Å²) in [5.41, 5.74) is 0.866. The molecular formula is C27H40ClNO5. The smallest absolute Gasteiger partial charge is 0.417 e. The first-order chi connectivity index (χ1) is 16.5. The van der Waals surface area contributed by atoms with Crippen molar-refractivity contribution in [2.24, 2.45) is 0 Å². The minimum Gasteiger partial charge on any atom is -0.462 e. The number of rotatable bonds is 17. The van der Waals surface area contributed by atoms with Crippen LogP contribution in [0.3, 0.4) is 0 Å². The highest BCUT2D eigenvalue weighted by Gasteiger charge is 2.40. The van der Waals surface area contributed by atoms with E-state index in [0.717, 1.165) is 37.0 Å². The lowest BCUT2D eigenvalue weighted by atomic mass is 10.1. The molecule has 34 heavy (non-hydrogen) atoms. The fraction of sp³-hybridized carbons (Fsp3) is 0.667. The summed E-state index contributed by atoms with van der Waals surface area (Å²) in [6, 6.07) is 4.78. The van der Waals surface area contributed by atoms with Crippen LogP contribution in [0.5, 0.6) is 0 Å². The minimum atomic E-state index is -0.736. The van der Waals surface area contributed by atoms with E-state index < -0.39 is 18.2 Å². The second-order valence-corrected chi connectivity index (χ2v) is 9.47. The third kappa shape index (κ3) is 9.28. The quantitative estimate of drug-likeness (QED) is 0.166. The van der Waals surface area contributed by atoms with Crippen LogP contribution in [0.25, 0.3) is 0 Å². The van der Waals surface area contributed by atoms with Crippen molar-refractivity contribution in [1.82, 2.24) is 4.90 Å². The third-order valence-corrected chi connectivity index (χ3v) is 6.53. The van der Waals surface area contributed by atoms with Gasteiger partial charge in [-0.2, -0.15) is 0 Å². The second-order valence-electron chi connectivity index (χ2n) is 9.06. The van der Waals surface area contributed by atoms with Gasteiger partial charge >= 0.3 is 12.1 Å². The molecule has 0 aromatic heterocycles. The maximum absolute atomic E-state index is 12.5. The number of benzene rings is 1. The first kappa shape index (κ1) is 28.2.